The average Bonchev–Trinajstić information content (AvgIpc) is 3.19. The summed E-state index contributed by atoms with van der Waals surface area (Å²) in [4.78, 5) is 14.7. The number of amides is 1. The smallest absolute Gasteiger partial charge is 0.411 e. The van der Waals surface area contributed by atoms with Crippen LogP contribution in [0.25, 0.3) is 0 Å². The molecule has 38 heavy (non-hydrogen) atoms. The minimum absolute atomic E-state index is 0.224. The minimum atomic E-state index is -2.06. The number of ether oxygens (including phenoxy) is 3. The summed E-state index contributed by atoms with van der Waals surface area (Å²) in [6.07, 6.45) is -2.38. The van der Waals surface area contributed by atoms with E-state index >= 15 is 0 Å². The van der Waals surface area contributed by atoms with Gasteiger partial charge in [0.1, 0.15) is 13.8 Å². The van der Waals surface area contributed by atoms with E-state index in [0.29, 0.717) is 29.8 Å². The number of cyclic esters (lactones) is 1. The van der Waals surface area contributed by atoms with Crippen molar-refractivity contribution in [2.75, 3.05) is 13.7 Å². The van der Waals surface area contributed by atoms with Crippen LogP contribution >= 0.6 is 0 Å². The maximum atomic E-state index is 13.1. The Morgan fingerprint density at radius 2 is 1.55 bits per heavy atom. The van der Waals surface area contributed by atoms with E-state index in [1.807, 2.05) is 54.6 Å². The summed E-state index contributed by atoms with van der Waals surface area (Å²) >= 11 is 0. The Bertz CT molecular complexity index is 1070. The number of aliphatic hydroxyl groups excluding tert-OH is 1. The van der Waals surface area contributed by atoms with Gasteiger partial charge in [-0.1, -0.05) is 89.9 Å². The molecule has 0 unspecified atom stereocenters. The van der Waals surface area contributed by atoms with Crippen molar-refractivity contribution >= 4 is 14.2 Å². The van der Waals surface area contributed by atoms with Gasteiger partial charge in [0.2, 0.25) is 0 Å². The molecule has 0 bridgehead atoms. The van der Waals surface area contributed by atoms with Gasteiger partial charge < -0.3 is 19.3 Å². The van der Waals surface area contributed by atoms with E-state index in [1.165, 1.54) is 0 Å². The Balaban J connectivity index is 1.86. The summed E-state index contributed by atoms with van der Waals surface area (Å²) in [5.74, 6) is 3.91. The third-order valence-electron chi connectivity index (χ3n) is 7.78. The second-order valence-corrected chi connectivity index (χ2v) is 16.6. The predicted octanol–water partition coefficient (Wildman–Crippen LogP) is 6.18. The molecule has 3 rings (SSSR count). The number of carbonyl (C=O) groups is 1. The fourth-order valence-corrected chi connectivity index (χ4v) is 11.0. The molecule has 1 N–H and O–H groups in total. The van der Waals surface area contributed by atoms with Crippen LogP contribution in [-0.2, 0) is 22.6 Å². The average molecular weight is 538 g/mol. The van der Waals surface area contributed by atoms with Crippen LogP contribution in [-0.4, -0.2) is 56.1 Å². The molecule has 1 amide bonds. The highest BCUT2D eigenvalue weighted by atomic mass is 28.3. The molecule has 206 valence electrons. The number of rotatable bonds is 11. The molecule has 3 atom stereocenters. The molecular formula is C31H43NO5Si. The van der Waals surface area contributed by atoms with E-state index in [0.717, 1.165) is 16.9 Å². The number of nitrogens with zero attached hydrogens (tertiary/aromatic N) is 1. The van der Waals surface area contributed by atoms with Gasteiger partial charge in [0.05, 0.1) is 26.4 Å². The molecule has 1 heterocycles. The number of hydrogen-bond donors (Lipinski definition) is 1. The van der Waals surface area contributed by atoms with Crippen LogP contribution in [0.3, 0.4) is 0 Å². The first-order chi connectivity index (χ1) is 18.1. The molecule has 0 saturated carbocycles. The van der Waals surface area contributed by atoms with Crippen LogP contribution < -0.4 is 4.74 Å². The summed E-state index contributed by atoms with van der Waals surface area (Å²) in [7, 11) is -0.435. The highest BCUT2D eigenvalue weighted by molar-refractivity contribution is 6.90. The molecule has 1 aliphatic heterocycles. The molecule has 1 fully saturated rings. The van der Waals surface area contributed by atoms with E-state index < -0.39 is 32.4 Å². The summed E-state index contributed by atoms with van der Waals surface area (Å²) in [5.41, 5.74) is 6.86. The van der Waals surface area contributed by atoms with Crippen LogP contribution in [0.2, 0.25) is 16.6 Å². The van der Waals surface area contributed by atoms with Crippen molar-refractivity contribution in [2.24, 2.45) is 0 Å². The van der Waals surface area contributed by atoms with Crippen LogP contribution in [0.4, 0.5) is 4.79 Å². The maximum Gasteiger partial charge on any atom is 0.411 e. The molecule has 0 aliphatic carbocycles. The Kier molecular flexibility index (Phi) is 10.4. The molecule has 0 spiro atoms. The molecule has 1 aliphatic rings. The van der Waals surface area contributed by atoms with Crippen LogP contribution in [0.5, 0.6) is 5.75 Å². The number of carbonyl (C=O) groups excluding carboxylic acids is 1. The topological polar surface area (TPSA) is 68.2 Å². The first kappa shape index (κ1) is 29.8. The first-order valence-corrected chi connectivity index (χ1v) is 15.8. The third kappa shape index (κ3) is 6.79. The molecule has 2 aromatic carbocycles. The minimum Gasteiger partial charge on any atom is -0.497 e. The van der Waals surface area contributed by atoms with Gasteiger partial charge in [0.15, 0.2) is 12.2 Å². The predicted molar refractivity (Wildman–Crippen MR) is 154 cm³/mol. The Morgan fingerprint density at radius 1 is 0.947 bits per heavy atom. The van der Waals surface area contributed by atoms with Gasteiger partial charge in [-0.15, -0.1) is 5.54 Å². The normalized spacial score (nSPS) is 18.5. The van der Waals surface area contributed by atoms with Gasteiger partial charge in [-0.3, -0.25) is 4.90 Å². The van der Waals surface area contributed by atoms with Crippen molar-refractivity contribution in [1.82, 2.24) is 4.90 Å². The second kappa shape index (κ2) is 13.3. The number of hydrogen-bond acceptors (Lipinski definition) is 5. The van der Waals surface area contributed by atoms with E-state index in [1.54, 1.807) is 12.0 Å². The van der Waals surface area contributed by atoms with Gasteiger partial charge >= 0.3 is 6.09 Å². The van der Waals surface area contributed by atoms with Crippen LogP contribution in [0.1, 0.15) is 52.7 Å². The van der Waals surface area contributed by atoms with Gasteiger partial charge in [-0.2, -0.15) is 0 Å². The fourth-order valence-electron chi connectivity index (χ4n) is 5.73. The lowest BCUT2D eigenvalue weighted by molar-refractivity contribution is 0.0123. The Hall–Kier alpha value is -2.79. The Morgan fingerprint density at radius 3 is 2.11 bits per heavy atom. The standard InChI is InChI=1S/C31H43NO5Si/c1-22(2)38(23(3)4,24(5)6)18-17-29(33)30-28(21-36-20-26-11-9-8-10-12-26)32(31(34)37-30)19-25-13-15-27(35-7)16-14-25/h8-16,22-24,28-30,33H,19-21H2,1-7H3/t28-,29+,30-/m0/s1. The first-order valence-electron chi connectivity index (χ1n) is 13.5. The highest BCUT2D eigenvalue weighted by Gasteiger charge is 2.46. The maximum absolute atomic E-state index is 13.1. The van der Waals surface area contributed by atoms with Crippen LogP contribution in [0, 0.1) is 11.5 Å². The van der Waals surface area contributed by atoms with Crippen molar-refractivity contribution in [3.05, 3.63) is 65.7 Å². The van der Waals surface area contributed by atoms with Crippen molar-refractivity contribution < 1.29 is 24.1 Å². The number of aliphatic hydroxyl groups is 1. The van der Waals surface area contributed by atoms with Crippen molar-refractivity contribution in [2.45, 2.75) is 89.6 Å². The summed E-state index contributed by atoms with van der Waals surface area (Å²) in [5, 5.41) is 11.3. The Labute approximate surface area is 229 Å². The monoisotopic (exact) mass is 537 g/mol. The highest BCUT2D eigenvalue weighted by Crippen LogP contribution is 2.41. The van der Waals surface area contributed by atoms with Crippen molar-refractivity contribution in [3.63, 3.8) is 0 Å². The van der Waals surface area contributed by atoms with Gasteiger partial charge in [-0.05, 0) is 39.9 Å². The SMILES string of the molecule is COc1ccc(CN2C(=O)O[C@H]([C@H](O)C#C[Si](C(C)C)(C(C)C)C(C)C)[C@@H]2COCc2ccccc2)cc1. The molecule has 0 aromatic heterocycles. The van der Waals surface area contributed by atoms with Gasteiger partial charge in [0.25, 0.3) is 0 Å². The zero-order valence-electron chi connectivity index (χ0n) is 23.8. The van der Waals surface area contributed by atoms with Crippen LogP contribution in [0.15, 0.2) is 54.6 Å². The van der Waals surface area contributed by atoms with E-state index in [2.05, 4.69) is 53.0 Å². The number of benzene rings is 2. The lowest BCUT2D eigenvalue weighted by atomic mass is 10.1. The second-order valence-electron chi connectivity index (χ2n) is 11.0. The molecule has 1 saturated heterocycles. The molecule has 0 radical (unpaired) electrons. The van der Waals surface area contributed by atoms with Crippen molar-refractivity contribution in [1.29, 1.82) is 0 Å². The fraction of sp³-hybridized carbons (Fsp3) is 0.516. The summed E-state index contributed by atoms with van der Waals surface area (Å²) in [6.45, 7) is 14.4. The molecule has 7 heteroatoms. The summed E-state index contributed by atoms with van der Waals surface area (Å²) < 4.78 is 17.1. The largest absolute Gasteiger partial charge is 0.497 e. The van der Waals surface area contributed by atoms with E-state index in [-0.39, 0.29) is 6.61 Å². The number of methoxy groups -OCH3 is 1. The lowest BCUT2D eigenvalue weighted by Crippen LogP contribution is -2.45. The quantitative estimate of drug-likeness (QED) is 0.274. The third-order valence-corrected chi connectivity index (χ3v) is 14.1. The van der Waals surface area contributed by atoms with E-state index in [4.69, 9.17) is 14.2 Å². The zero-order valence-corrected chi connectivity index (χ0v) is 24.8. The van der Waals surface area contributed by atoms with Gasteiger partial charge in [0, 0.05) is 6.54 Å². The summed E-state index contributed by atoms with van der Waals surface area (Å²) in [6, 6.07) is 17.0. The zero-order chi connectivity index (χ0) is 27.9. The lowest BCUT2D eigenvalue weighted by Gasteiger charge is -2.38. The van der Waals surface area contributed by atoms with E-state index in [9.17, 15) is 9.90 Å². The van der Waals surface area contributed by atoms with Gasteiger partial charge in [-0.25, -0.2) is 4.79 Å². The molecular weight excluding hydrogens is 494 g/mol. The molecule has 6 nitrogen and oxygen atoms in total. The molecule has 2 aromatic rings. The van der Waals surface area contributed by atoms with Crippen molar-refractivity contribution in [3.8, 4) is 17.2 Å².